The summed E-state index contributed by atoms with van der Waals surface area (Å²) in [5.74, 6) is 0. The summed E-state index contributed by atoms with van der Waals surface area (Å²) in [6.45, 7) is 1.56. The van der Waals surface area contributed by atoms with E-state index in [2.05, 4.69) is 21.2 Å². The highest BCUT2D eigenvalue weighted by Gasteiger charge is 2.24. The van der Waals surface area contributed by atoms with Gasteiger partial charge in [-0.15, -0.1) is 0 Å². The zero-order valence-electron chi connectivity index (χ0n) is 12.0. The molecule has 0 aliphatic carbocycles. The lowest BCUT2D eigenvalue weighted by atomic mass is 10.1. The van der Waals surface area contributed by atoms with E-state index >= 15 is 0 Å². The summed E-state index contributed by atoms with van der Waals surface area (Å²) in [7, 11) is -3.08. The normalized spacial score (nSPS) is 19.6. The van der Waals surface area contributed by atoms with E-state index in [4.69, 9.17) is 0 Å². The first kappa shape index (κ1) is 16.9. The minimum atomic E-state index is -3.08. The van der Waals surface area contributed by atoms with Gasteiger partial charge in [-0.2, -0.15) is 0 Å². The highest BCUT2D eigenvalue weighted by molar-refractivity contribution is 9.10. The molecule has 1 aliphatic rings. The monoisotopic (exact) mass is 376 g/mol. The Kier molecular flexibility index (Phi) is 5.79. The predicted octanol–water partition coefficient (Wildman–Crippen LogP) is 1.50. The summed E-state index contributed by atoms with van der Waals surface area (Å²) in [5.41, 5.74) is 0.866. The smallest absolute Gasteiger partial charge is 0.211 e. The second-order valence-corrected chi connectivity index (χ2v) is 8.31. The van der Waals surface area contributed by atoms with Gasteiger partial charge in [-0.3, -0.25) is 0 Å². The van der Waals surface area contributed by atoms with Crippen LogP contribution in [0.15, 0.2) is 28.7 Å². The Morgan fingerprint density at radius 2 is 2.10 bits per heavy atom. The van der Waals surface area contributed by atoms with Crippen molar-refractivity contribution in [2.45, 2.75) is 25.0 Å². The number of hydrogen-bond donors (Lipinski definition) is 2. The van der Waals surface area contributed by atoms with Gasteiger partial charge in [0.1, 0.15) is 0 Å². The Balaban J connectivity index is 1.80. The number of piperidine rings is 1. The van der Waals surface area contributed by atoms with E-state index in [9.17, 15) is 13.5 Å². The van der Waals surface area contributed by atoms with Crippen molar-refractivity contribution in [1.82, 2.24) is 9.62 Å². The molecule has 118 valence electrons. The summed E-state index contributed by atoms with van der Waals surface area (Å²) in [4.78, 5) is 0. The standard InChI is InChI=1S/C14H21BrN2O3S/c1-21(19,20)17-7-5-13(6-8-17)16-10-14(18)11-3-2-4-12(15)9-11/h2-4,9,13-14,16,18H,5-8,10H2,1H3. The third kappa shape index (κ3) is 5.03. The third-order valence-electron chi connectivity index (χ3n) is 3.76. The van der Waals surface area contributed by atoms with Crippen LogP contribution < -0.4 is 5.32 Å². The van der Waals surface area contributed by atoms with E-state index in [-0.39, 0.29) is 6.04 Å². The predicted molar refractivity (Wildman–Crippen MR) is 86.5 cm³/mol. The molecule has 0 aromatic heterocycles. The first-order chi connectivity index (χ1) is 9.86. The van der Waals surface area contributed by atoms with Crippen LogP contribution in [0.1, 0.15) is 24.5 Å². The Morgan fingerprint density at radius 1 is 1.43 bits per heavy atom. The third-order valence-corrected chi connectivity index (χ3v) is 5.55. The van der Waals surface area contributed by atoms with Crippen molar-refractivity contribution in [2.75, 3.05) is 25.9 Å². The van der Waals surface area contributed by atoms with E-state index in [1.807, 2.05) is 24.3 Å². The van der Waals surface area contributed by atoms with Gasteiger partial charge in [0.05, 0.1) is 12.4 Å². The van der Waals surface area contributed by atoms with Gasteiger partial charge in [0.2, 0.25) is 10.0 Å². The van der Waals surface area contributed by atoms with Gasteiger partial charge >= 0.3 is 0 Å². The van der Waals surface area contributed by atoms with Crippen molar-refractivity contribution >= 4 is 26.0 Å². The number of benzene rings is 1. The quantitative estimate of drug-likeness (QED) is 0.816. The maximum Gasteiger partial charge on any atom is 0.211 e. The van der Waals surface area contributed by atoms with Crippen molar-refractivity contribution in [2.24, 2.45) is 0 Å². The number of aliphatic hydroxyl groups is 1. The van der Waals surface area contributed by atoms with Crippen molar-refractivity contribution in [3.05, 3.63) is 34.3 Å². The Bertz CT molecular complexity index is 571. The first-order valence-electron chi connectivity index (χ1n) is 6.98. The van der Waals surface area contributed by atoms with E-state index < -0.39 is 16.1 Å². The molecule has 1 aromatic rings. The minimum absolute atomic E-state index is 0.254. The molecule has 0 radical (unpaired) electrons. The molecule has 0 saturated carbocycles. The van der Waals surface area contributed by atoms with Crippen molar-refractivity contribution in [3.63, 3.8) is 0 Å². The molecule has 21 heavy (non-hydrogen) atoms. The summed E-state index contributed by atoms with van der Waals surface area (Å²) < 4.78 is 25.3. The average Bonchev–Trinajstić information content (AvgIpc) is 2.44. The number of hydrogen-bond acceptors (Lipinski definition) is 4. The lowest BCUT2D eigenvalue weighted by molar-refractivity contribution is 0.162. The van der Waals surface area contributed by atoms with E-state index in [0.717, 1.165) is 22.9 Å². The molecule has 5 nitrogen and oxygen atoms in total. The second kappa shape index (κ2) is 7.19. The van der Waals surface area contributed by atoms with Crippen LogP contribution >= 0.6 is 15.9 Å². The Labute approximate surface area is 134 Å². The lowest BCUT2D eigenvalue weighted by Crippen LogP contribution is -2.45. The van der Waals surface area contributed by atoms with E-state index in [0.29, 0.717) is 19.6 Å². The molecule has 2 rings (SSSR count). The zero-order chi connectivity index (χ0) is 15.5. The highest BCUT2D eigenvalue weighted by atomic mass is 79.9. The minimum Gasteiger partial charge on any atom is -0.387 e. The number of rotatable bonds is 5. The van der Waals surface area contributed by atoms with Crippen molar-refractivity contribution in [3.8, 4) is 0 Å². The Hall–Kier alpha value is -0.470. The molecule has 1 atom stereocenters. The molecule has 1 aromatic carbocycles. The molecule has 0 bridgehead atoms. The van der Waals surface area contributed by atoms with Crippen LogP contribution in [0.25, 0.3) is 0 Å². The lowest BCUT2D eigenvalue weighted by Gasteiger charge is -2.31. The fraction of sp³-hybridized carbons (Fsp3) is 0.571. The molecule has 1 fully saturated rings. The number of nitrogens with zero attached hydrogens (tertiary/aromatic N) is 1. The first-order valence-corrected chi connectivity index (χ1v) is 9.62. The molecule has 1 saturated heterocycles. The second-order valence-electron chi connectivity index (χ2n) is 5.42. The molecule has 0 amide bonds. The number of nitrogens with one attached hydrogen (secondary N) is 1. The fourth-order valence-electron chi connectivity index (χ4n) is 2.50. The van der Waals surface area contributed by atoms with Gasteiger partial charge in [0, 0.05) is 30.1 Å². The molecule has 0 spiro atoms. The topological polar surface area (TPSA) is 69.6 Å². The van der Waals surface area contributed by atoms with Crippen LogP contribution in [0, 0.1) is 0 Å². The molecule has 2 N–H and O–H groups in total. The SMILES string of the molecule is CS(=O)(=O)N1CCC(NCC(O)c2cccc(Br)c2)CC1. The fourth-order valence-corrected chi connectivity index (χ4v) is 3.79. The van der Waals surface area contributed by atoms with Gasteiger partial charge < -0.3 is 10.4 Å². The summed E-state index contributed by atoms with van der Waals surface area (Å²) in [6.07, 6.45) is 2.24. The van der Waals surface area contributed by atoms with Gasteiger partial charge in [-0.05, 0) is 30.5 Å². The summed E-state index contributed by atoms with van der Waals surface area (Å²) >= 11 is 3.39. The number of sulfonamides is 1. The molecular formula is C14H21BrN2O3S. The molecule has 1 aliphatic heterocycles. The average molecular weight is 377 g/mol. The maximum absolute atomic E-state index is 11.4. The van der Waals surface area contributed by atoms with Crippen molar-refractivity contribution < 1.29 is 13.5 Å². The van der Waals surface area contributed by atoms with Crippen LogP contribution in [0.5, 0.6) is 0 Å². The van der Waals surface area contributed by atoms with Gasteiger partial charge in [0.15, 0.2) is 0 Å². The number of halogens is 1. The van der Waals surface area contributed by atoms with Crippen LogP contribution in [0.3, 0.4) is 0 Å². The zero-order valence-corrected chi connectivity index (χ0v) is 14.4. The molecule has 1 unspecified atom stereocenters. The van der Waals surface area contributed by atoms with Gasteiger partial charge in [-0.1, -0.05) is 28.1 Å². The van der Waals surface area contributed by atoms with E-state index in [1.54, 1.807) is 0 Å². The molecule has 1 heterocycles. The Morgan fingerprint density at radius 3 is 2.67 bits per heavy atom. The van der Waals surface area contributed by atoms with Crippen LogP contribution in [0.4, 0.5) is 0 Å². The summed E-state index contributed by atoms with van der Waals surface area (Å²) in [6, 6.07) is 7.87. The van der Waals surface area contributed by atoms with Crippen LogP contribution in [-0.2, 0) is 10.0 Å². The maximum atomic E-state index is 11.4. The molecular weight excluding hydrogens is 356 g/mol. The number of aliphatic hydroxyl groups excluding tert-OH is 1. The van der Waals surface area contributed by atoms with Gasteiger partial charge in [-0.25, -0.2) is 12.7 Å². The summed E-state index contributed by atoms with van der Waals surface area (Å²) in [5, 5.41) is 13.5. The van der Waals surface area contributed by atoms with Crippen LogP contribution in [-0.4, -0.2) is 49.8 Å². The van der Waals surface area contributed by atoms with Crippen molar-refractivity contribution in [1.29, 1.82) is 0 Å². The highest BCUT2D eigenvalue weighted by Crippen LogP contribution is 2.19. The largest absolute Gasteiger partial charge is 0.387 e. The van der Waals surface area contributed by atoms with E-state index in [1.165, 1.54) is 10.6 Å². The molecule has 7 heteroatoms. The van der Waals surface area contributed by atoms with Crippen LogP contribution in [0.2, 0.25) is 0 Å². The van der Waals surface area contributed by atoms with Gasteiger partial charge in [0.25, 0.3) is 0 Å².